The lowest BCUT2D eigenvalue weighted by Gasteiger charge is -2.05. The molecule has 0 spiro atoms. The molecule has 0 radical (unpaired) electrons. The Morgan fingerprint density at radius 2 is 2.29 bits per heavy atom. The number of nitro benzene ring substituents is 1. The van der Waals surface area contributed by atoms with Crippen molar-refractivity contribution < 1.29 is 14.8 Å². The minimum atomic E-state index is -1.16. The Morgan fingerprint density at radius 1 is 1.62 bits per heavy atom. The zero-order valence-electron chi connectivity index (χ0n) is 11.2. The first-order valence-corrected chi connectivity index (χ1v) is 6.07. The fourth-order valence-electron chi connectivity index (χ4n) is 2.37. The number of carbonyl (C=O) groups is 1. The number of aryl methyl sites for hydroxylation is 1. The molecule has 0 bridgehead atoms. The molecule has 21 heavy (non-hydrogen) atoms. The number of non-ortho nitro benzene ring substituents is 1. The number of carboxylic acids is 1. The summed E-state index contributed by atoms with van der Waals surface area (Å²) in [6.45, 7) is 0. The number of carboxylic acid groups (broad SMARTS) is 1. The fraction of sp³-hybridized carbons (Fsp3) is 0.214. The van der Waals surface area contributed by atoms with E-state index in [0.29, 0.717) is 22.0 Å². The van der Waals surface area contributed by atoms with Gasteiger partial charge in [0.15, 0.2) is 0 Å². The Labute approximate surface area is 120 Å². The van der Waals surface area contributed by atoms with E-state index in [1.54, 1.807) is 17.8 Å². The Hall–Kier alpha value is -2.85. The van der Waals surface area contributed by atoms with Crippen LogP contribution in [0.2, 0.25) is 0 Å². The highest BCUT2D eigenvalue weighted by molar-refractivity contribution is 5.96. The molecule has 0 aliphatic heterocycles. The molecule has 7 nitrogen and oxygen atoms in total. The minimum Gasteiger partial charge on any atom is -0.480 e. The van der Waals surface area contributed by atoms with Crippen LogP contribution in [-0.4, -0.2) is 26.6 Å². The van der Waals surface area contributed by atoms with Crippen LogP contribution in [0.3, 0.4) is 0 Å². The first kappa shape index (κ1) is 14.6. The minimum absolute atomic E-state index is 0.0124. The Kier molecular flexibility index (Phi) is 3.65. The van der Waals surface area contributed by atoms with Gasteiger partial charge >= 0.3 is 5.97 Å². The van der Waals surface area contributed by atoms with E-state index in [1.165, 1.54) is 12.1 Å². The number of nitrogens with two attached hydrogens (primary N) is 1. The van der Waals surface area contributed by atoms with Crippen LogP contribution in [0.1, 0.15) is 11.1 Å². The molecule has 2 rings (SSSR count). The lowest BCUT2D eigenvalue weighted by molar-refractivity contribution is -0.383. The van der Waals surface area contributed by atoms with Gasteiger partial charge in [0.25, 0.3) is 5.69 Å². The Balaban J connectivity index is 2.75. The maximum absolute atomic E-state index is 11.2. The van der Waals surface area contributed by atoms with Crippen molar-refractivity contribution in [3.63, 3.8) is 0 Å². The lowest BCUT2D eigenvalue weighted by atomic mass is 10.0. The molecular weight excluding hydrogens is 274 g/mol. The van der Waals surface area contributed by atoms with Gasteiger partial charge in [-0.25, -0.2) is 0 Å². The van der Waals surface area contributed by atoms with Crippen LogP contribution in [0.5, 0.6) is 0 Å². The van der Waals surface area contributed by atoms with Gasteiger partial charge in [-0.1, -0.05) is 5.92 Å². The monoisotopic (exact) mass is 287 g/mol. The molecule has 0 saturated carbocycles. The van der Waals surface area contributed by atoms with Gasteiger partial charge in [0, 0.05) is 31.3 Å². The van der Waals surface area contributed by atoms with Crippen LogP contribution in [0.4, 0.5) is 5.69 Å². The van der Waals surface area contributed by atoms with Crippen molar-refractivity contribution in [2.24, 2.45) is 12.8 Å². The molecule has 3 N–H and O–H groups in total. The van der Waals surface area contributed by atoms with E-state index in [4.69, 9.17) is 17.3 Å². The molecule has 0 amide bonds. The first-order chi connectivity index (χ1) is 9.86. The van der Waals surface area contributed by atoms with Crippen LogP contribution >= 0.6 is 0 Å². The van der Waals surface area contributed by atoms with E-state index in [1.807, 2.05) is 0 Å². The summed E-state index contributed by atoms with van der Waals surface area (Å²) in [6, 6.07) is 1.69. The average molecular weight is 287 g/mol. The van der Waals surface area contributed by atoms with Gasteiger partial charge in [-0.15, -0.1) is 6.42 Å². The highest BCUT2D eigenvalue weighted by Gasteiger charge is 2.23. The Morgan fingerprint density at radius 3 is 2.81 bits per heavy atom. The maximum atomic E-state index is 11.2. The summed E-state index contributed by atoms with van der Waals surface area (Å²) in [5, 5.41) is 20.4. The van der Waals surface area contributed by atoms with Gasteiger partial charge in [-0.2, -0.15) is 0 Å². The van der Waals surface area contributed by atoms with Crippen molar-refractivity contribution in [1.29, 1.82) is 0 Å². The van der Waals surface area contributed by atoms with Crippen molar-refractivity contribution in [1.82, 2.24) is 4.57 Å². The second kappa shape index (κ2) is 5.26. The van der Waals surface area contributed by atoms with Crippen LogP contribution < -0.4 is 5.73 Å². The number of nitro groups is 1. The molecular formula is C14H13N3O4. The standard InChI is InChI=1S/C14H13N3O4/c1-3-8-4-5-11(17(20)21)12-9(6-10(15)14(18)19)7-16(2)13(8)12/h1,4-5,7,10H,6,15H2,2H3,(H,18,19). The summed E-state index contributed by atoms with van der Waals surface area (Å²) < 4.78 is 1.65. The van der Waals surface area contributed by atoms with Crippen molar-refractivity contribution >= 4 is 22.6 Å². The van der Waals surface area contributed by atoms with Gasteiger partial charge in [0.1, 0.15) is 6.04 Å². The van der Waals surface area contributed by atoms with Gasteiger partial charge in [-0.3, -0.25) is 14.9 Å². The van der Waals surface area contributed by atoms with Crippen LogP contribution in [-0.2, 0) is 18.3 Å². The van der Waals surface area contributed by atoms with E-state index in [2.05, 4.69) is 5.92 Å². The largest absolute Gasteiger partial charge is 0.480 e. The third kappa shape index (κ3) is 2.44. The van der Waals surface area contributed by atoms with Crippen LogP contribution in [0, 0.1) is 22.5 Å². The summed E-state index contributed by atoms with van der Waals surface area (Å²) in [4.78, 5) is 21.6. The molecule has 1 unspecified atom stereocenters. The quantitative estimate of drug-likeness (QED) is 0.495. The van der Waals surface area contributed by atoms with E-state index < -0.39 is 16.9 Å². The number of terminal acetylenes is 1. The van der Waals surface area contributed by atoms with Crippen molar-refractivity contribution in [3.05, 3.63) is 39.6 Å². The number of fused-ring (bicyclic) bond motifs is 1. The molecule has 7 heteroatoms. The smallest absolute Gasteiger partial charge is 0.320 e. The zero-order valence-corrected chi connectivity index (χ0v) is 11.2. The second-order valence-electron chi connectivity index (χ2n) is 4.67. The maximum Gasteiger partial charge on any atom is 0.320 e. The number of rotatable bonds is 4. The number of hydrogen-bond donors (Lipinski definition) is 2. The summed E-state index contributed by atoms with van der Waals surface area (Å²) in [5.41, 5.74) is 6.94. The SMILES string of the molecule is C#Cc1ccc([N+](=O)[O-])c2c(CC(N)C(=O)O)cn(C)c12. The first-order valence-electron chi connectivity index (χ1n) is 6.07. The van der Waals surface area contributed by atoms with Crippen LogP contribution in [0.15, 0.2) is 18.3 Å². The van der Waals surface area contributed by atoms with E-state index in [-0.39, 0.29) is 12.1 Å². The third-order valence-corrected chi connectivity index (χ3v) is 3.29. The predicted molar refractivity (Wildman–Crippen MR) is 76.8 cm³/mol. The van der Waals surface area contributed by atoms with Crippen molar-refractivity contribution in [3.8, 4) is 12.3 Å². The molecule has 0 saturated heterocycles. The Bertz CT molecular complexity index is 786. The molecule has 0 aliphatic rings. The van der Waals surface area contributed by atoms with Gasteiger partial charge in [-0.05, 0) is 11.6 Å². The highest BCUT2D eigenvalue weighted by Crippen LogP contribution is 2.33. The molecule has 1 atom stereocenters. The van der Waals surface area contributed by atoms with Crippen molar-refractivity contribution in [2.75, 3.05) is 0 Å². The molecule has 0 aliphatic carbocycles. The van der Waals surface area contributed by atoms with E-state index in [9.17, 15) is 14.9 Å². The van der Waals surface area contributed by atoms with E-state index >= 15 is 0 Å². The summed E-state index contributed by atoms with van der Waals surface area (Å²) in [7, 11) is 1.70. The number of aliphatic carboxylic acids is 1. The average Bonchev–Trinajstić information content (AvgIpc) is 2.75. The zero-order chi connectivity index (χ0) is 15.7. The number of nitrogens with zero attached hydrogens (tertiary/aromatic N) is 2. The third-order valence-electron chi connectivity index (χ3n) is 3.29. The van der Waals surface area contributed by atoms with E-state index in [0.717, 1.165) is 0 Å². The summed E-state index contributed by atoms with van der Waals surface area (Å²) in [6.07, 6.45) is 7.03. The molecule has 2 aromatic rings. The molecule has 1 aromatic carbocycles. The molecule has 108 valence electrons. The molecule has 0 fully saturated rings. The van der Waals surface area contributed by atoms with Crippen LogP contribution in [0.25, 0.3) is 10.9 Å². The highest BCUT2D eigenvalue weighted by atomic mass is 16.6. The van der Waals surface area contributed by atoms with Gasteiger partial charge in [0.2, 0.25) is 0 Å². The second-order valence-corrected chi connectivity index (χ2v) is 4.67. The number of benzene rings is 1. The molecule has 1 aromatic heterocycles. The fourth-order valence-corrected chi connectivity index (χ4v) is 2.37. The summed E-state index contributed by atoms with van der Waals surface area (Å²) in [5.74, 6) is 1.31. The van der Waals surface area contributed by atoms with Gasteiger partial charge in [0.05, 0.1) is 15.8 Å². The predicted octanol–water partition coefficient (Wildman–Crippen LogP) is 1.02. The van der Waals surface area contributed by atoms with Gasteiger partial charge < -0.3 is 15.4 Å². The van der Waals surface area contributed by atoms with Crippen molar-refractivity contribution in [2.45, 2.75) is 12.5 Å². The number of aromatic nitrogens is 1. The number of hydrogen-bond acceptors (Lipinski definition) is 4. The topological polar surface area (TPSA) is 111 Å². The molecule has 1 heterocycles. The normalized spacial score (nSPS) is 12.0. The summed E-state index contributed by atoms with van der Waals surface area (Å²) >= 11 is 0. The lowest BCUT2D eigenvalue weighted by Crippen LogP contribution is -2.32.